The fraction of sp³-hybridized carbons (Fsp3) is 0.750. The van der Waals surface area contributed by atoms with Crippen LogP contribution < -0.4 is 0 Å². The molecule has 0 radical (unpaired) electrons. The summed E-state index contributed by atoms with van der Waals surface area (Å²) in [5, 5.41) is 0. The fourth-order valence-corrected chi connectivity index (χ4v) is 0.616. The number of carbonyl (C=O) groups is 2. The third-order valence-corrected chi connectivity index (χ3v) is 1.71. The van der Waals surface area contributed by atoms with Gasteiger partial charge in [0.05, 0.1) is 7.11 Å². The van der Waals surface area contributed by atoms with E-state index >= 15 is 0 Å². The van der Waals surface area contributed by atoms with Crippen LogP contribution in [0.3, 0.4) is 0 Å². The highest BCUT2D eigenvalue weighted by atomic mass is 16.5. The van der Waals surface area contributed by atoms with Crippen LogP contribution in [0.25, 0.3) is 0 Å². The van der Waals surface area contributed by atoms with Gasteiger partial charge in [0, 0.05) is 5.92 Å². The molecule has 1 unspecified atom stereocenters. The standard InChI is InChI=1S/C8H14O3/c1-4-6(2)7(9)5-8(10)11-3/h6H,4-5H2,1-3H3. The van der Waals surface area contributed by atoms with Gasteiger partial charge >= 0.3 is 5.97 Å². The predicted molar refractivity (Wildman–Crippen MR) is 41.1 cm³/mol. The Morgan fingerprint density at radius 3 is 2.36 bits per heavy atom. The zero-order valence-corrected chi connectivity index (χ0v) is 7.22. The van der Waals surface area contributed by atoms with E-state index in [9.17, 15) is 9.59 Å². The second-order valence-corrected chi connectivity index (χ2v) is 2.53. The van der Waals surface area contributed by atoms with Gasteiger partial charge in [-0.25, -0.2) is 0 Å². The van der Waals surface area contributed by atoms with Gasteiger partial charge in [-0.15, -0.1) is 0 Å². The summed E-state index contributed by atoms with van der Waals surface area (Å²) in [6, 6.07) is 0. The van der Waals surface area contributed by atoms with Crippen LogP contribution in [0.15, 0.2) is 0 Å². The van der Waals surface area contributed by atoms with Crippen LogP contribution in [-0.4, -0.2) is 18.9 Å². The van der Waals surface area contributed by atoms with Gasteiger partial charge in [0.1, 0.15) is 12.2 Å². The SMILES string of the molecule is CCC(C)C(=O)CC(=O)OC. The third kappa shape index (κ3) is 3.75. The van der Waals surface area contributed by atoms with E-state index in [1.807, 2.05) is 13.8 Å². The summed E-state index contributed by atoms with van der Waals surface area (Å²) < 4.78 is 4.36. The summed E-state index contributed by atoms with van der Waals surface area (Å²) >= 11 is 0. The number of rotatable bonds is 4. The Morgan fingerprint density at radius 2 is 2.00 bits per heavy atom. The number of methoxy groups -OCH3 is 1. The van der Waals surface area contributed by atoms with Crippen LogP contribution in [0.1, 0.15) is 26.7 Å². The Balaban J connectivity index is 3.77. The van der Waals surface area contributed by atoms with Gasteiger partial charge in [-0.3, -0.25) is 9.59 Å². The van der Waals surface area contributed by atoms with E-state index in [0.29, 0.717) is 0 Å². The van der Waals surface area contributed by atoms with Crippen LogP contribution in [-0.2, 0) is 14.3 Å². The molecule has 0 heterocycles. The van der Waals surface area contributed by atoms with Crippen LogP contribution >= 0.6 is 0 Å². The lowest BCUT2D eigenvalue weighted by atomic mass is 10.0. The van der Waals surface area contributed by atoms with Gasteiger partial charge in [0.2, 0.25) is 0 Å². The van der Waals surface area contributed by atoms with Crippen molar-refractivity contribution < 1.29 is 14.3 Å². The lowest BCUT2D eigenvalue weighted by molar-refractivity contribution is -0.144. The Morgan fingerprint density at radius 1 is 1.45 bits per heavy atom. The number of ether oxygens (including phenoxy) is 1. The number of Topliss-reactive ketones (excluding diaryl/α,β-unsaturated/α-hetero) is 1. The van der Waals surface area contributed by atoms with Gasteiger partial charge in [-0.1, -0.05) is 13.8 Å². The minimum absolute atomic E-state index is 0.0332. The Bertz CT molecular complexity index is 151. The molecule has 0 aromatic heterocycles. The van der Waals surface area contributed by atoms with Crippen LogP contribution in [0, 0.1) is 5.92 Å². The summed E-state index contributed by atoms with van der Waals surface area (Å²) in [4.78, 5) is 21.6. The first-order valence-corrected chi connectivity index (χ1v) is 3.71. The van der Waals surface area contributed by atoms with Crippen molar-refractivity contribution in [1.82, 2.24) is 0 Å². The van der Waals surface area contributed by atoms with Gasteiger partial charge in [0.25, 0.3) is 0 Å². The summed E-state index contributed by atoms with van der Waals surface area (Å²) in [6.45, 7) is 3.73. The molecule has 0 saturated heterocycles. The molecule has 0 aromatic rings. The maximum atomic E-state index is 11.0. The highest BCUT2D eigenvalue weighted by molar-refractivity contribution is 5.96. The molecule has 11 heavy (non-hydrogen) atoms. The van der Waals surface area contributed by atoms with E-state index < -0.39 is 5.97 Å². The minimum Gasteiger partial charge on any atom is -0.469 e. The molecule has 0 aliphatic carbocycles. The molecule has 0 aromatic carbocycles. The predicted octanol–water partition coefficient (Wildman–Crippen LogP) is 1.16. The number of hydrogen-bond donors (Lipinski definition) is 0. The lowest BCUT2D eigenvalue weighted by Crippen LogP contribution is -2.15. The lowest BCUT2D eigenvalue weighted by Gasteiger charge is -2.04. The molecule has 0 N–H and O–H groups in total. The summed E-state index contributed by atoms with van der Waals surface area (Å²) in [6.07, 6.45) is 0.682. The second-order valence-electron chi connectivity index (χ2n) is 2.53. The molecule has 0 bridgehead atoms. The van der Waals surface area contributed by atoms with Crippen LogP contribution in [0.5, 0.6) is 0 Å². The molecule has 0 aliphatic heterocycles. The molecule has 0 rings (SSSR count). The van der Waals surface area contributed by atoms with Gasteiger partial charge < -0.3 is 4.74 Å². The highest BCUT2D eigenvalue weighted by Gasteiger charge is 2.14. The topological polar surface area (TPSA) is 43.4 Å². The van der Waals surface area contributed by atoms with E-state index in [-0.39, 0.29) is 18.1 Å². The smallest absolute Gasteiger partial charge is 0.313 e. The van der Waals surface area contributed by atoms with E-state index in [4.69, 9.17) is 0 Å². The maximum absolute atomic E-state index is 11.0. The summed E-state index contributed by atoms with van der Waals surface area (Å²) in [7, 11) is 1.28. The number of hydrogen-bond acceptors (Lipinski definition) is 3. The Labute approximate surface area is 66.7 Å². The normalized spacial score (nSPS) is 12.3. The molecule has 64 valence electrons. The Hall–Kier alpha value is -0.860. The van der Waals surface area contributed by atoms with Crippen LogP contribution in [0.4, 0.5) is 0 Å². The molecule has 3 nitrogen and oxygen atoms in total. The van der Waals surface area contributed by atoms with Crippen molar-refractivity contribution in [2.75, 3.05) is 7.11 Å². The number of esters is 1. The van der Waals surface area contributed by atoms with Crippen molar-refractivity contribution in [3.8, 4) is 0 Å². The van der Waals surface area contributed by atoms with E-state index in [2.05, 4.69) is 4.74 Å². The number of ketones is 1. The average Bonchev–Trinajstić information content (AvgIpc) is 2.02. The van der Waals surface area contributed by atoms with Crippen molar-refractivity contribution in [2.24, 2.45) is 5.92 Å². The van der Waals surface area contributed by atoms with Crippen molar-refractivity contribution >= 4 is 11.8 Å². The van der Waals surface area contributed by atoms with E-state index in [0.717, 1.165) is 6.42 Å². The molecular weight excluding hydrogens is 144 g/mol. The second kappa shape index (κ2) is 4.88. The molecule has 1 atom stereocenters. The first-order valence-electron chi connectivity index (χ1n) is 3.71. The number of carbonyl (C=O) groups excluding carboxylic acids is 2. The third-order valence-electron chi connectivity index (χ3n) is 1.71. The average molecular weight is 158 g/mol. The quantitative estimate of drug-likeness (QED) is 0.455. The van der Waals surface area contributed by atoms with Crippen molar-refractivity contribution in [3.05, 3.63) is 0 Å². The van der Waals surface area contributed by atoms with Crippen molar-refractivity contribution in [1.29, 1.82) is 0 Å². The molecular formula is C8H14O3. The van der Waals surface area contributed by atoms with Crippen molar-refractivity contribution in [3.63, 3.8) is 0 Å². The van der Waals surface area contributed by atoms with E-state index in [1.165, 1.54) is 7.11 Å². The Kier molecular flexibility index (Phi) is 4.50. The molecule has 3 heteroatoms. The first-order chi connectivity index (χ1) is 5.11. The molecule has 0 amide bonds. The zero-order chi connectivity index (χ0) is 8.85. The first kappa shape index (κ1) is 10.1. The summed E-state index contributed by atoms with van der Waals surface area (Å²) in [5.41, 5.74) is 0. The van der Waals surface area contributed by atoms with E-state index in [1.54, 1.807) is 0 Å². The summed E-state index contributed by atoms with van der Waals surface area (Å²) in [5.74, 6) is -0.524. The zero-order valence-electron chi connectivity index (χ0n) is 7.22. The highest BCUT2D eigenvalue weighted by Crippen LogP contribution is 2.05. The molecule has 0 saturated carbocycles. The maximum Gasteiger partial charge on any atom is 0.313 e. The monoisotopic (exact) mass is 158 g/mol. The molecule has 0 spiro atoms. The van der Waals surface area contributed by atoms with Crippen molar-refractivity contribution in [2.45, 2.75) is 26.7 Å². The van der Waals surface area contributed by atoms with Gasteiger partial charge in [-0.2, -0.15) is 0 Å². The van der Waals surface area contributed by atoms with Gasteiger partial charge in [0.15, 0.2) is 0 Å². The molecule has 0 fully saturated rings. The van der Waals surface area contributed by atoms with Gasteiger partial charge in [-0.05, 0) is 6.42 Å². The largest absolute Gasteiger partial charge is 0.469 e. The minimum atomic E-state index is -0.449. The fourth-order valence-electron chi connectivity index (χ4n) is 0.616. The molecule has 0 aliphatic rings. The van der Waals surface area contributed by atoms with Crippen LogP contribution in [0.2, 0.25) is 0 Å².